The van der Waals surface area contributed by atoms with Gasteiger partial charge in [0.25, 0.3) is 11.8 Å². The van der Waals surface area contributed by atoms with Gasteiger partial charge in [0.05, 0.1) is 24.8 Å². The number of fused-ring (bicyclic) bond motifs is 1. The number of hydrogen-bond acceptors (Lipinski definition) is 6. The lowest BCUT2D eigenvalue weighted by Crippen LogP contribution is -2.54. The Morgan fingerprint density at radius 3 is 2.74 bits per heavy atom. The number of aliphatic hydroxyl groups excluding tert-OH is 1. The molecule has 2 aliphatic heterocycles. The molecule has 3 rings (SSSR count). The maximum atomic E-state index is 13.8. The van der Waals surface area contributed by atoms with E-state index in [1.807, 2.05) is 6.92 Å². The molecule has 2 aliphatic rings. The lowest BCUT2D eigenvalue weighted by molar-refractivity contribution is -0.140. The average molecular weight is 435 g/mol. The first-order valence-corrected chi connectivity index (χ1v) is 9.76. The van der Waals surface area contributed by atoms with Crippen molar-refractivity contribution in [1.82, 2.24) is 15.1 Å². The van der Waals surface area contributed by atoms with Gasteiger partial charge in [-0.2, -0.15) is 0 Å². The Bertz CT molecular complexity index is 958. The van der Waals surface area contributed by atoms with Crippen LogP contribution in [-0.4, -0.2) is 58.4 Å². The number of amides is 2. The fourth-order valence-corrected chi connectivity index (χ4v) is 3.61. The summed E-state index contributed by atoms with van der Waals surface area (Å²) in [5.41, 5.74) is -0.356. The van der Waals surface area contributed by atoms with E-state index in [-0.39, 0.29) is 41.7 Å². The predicted octanol–water partition coefficient (Wildman–Crippen LogP) is 1.73. The zero-order chi connectivity index (χ0) is 22.7. The fraction of sp³-hybridized carbons (Fsp3) is 0.381. The van der Waals surface area contributed by atoms with E-state index in [4.69, 9.17) is 4.74 Å². The van der Waals surface area contributed by atoms with Gasteiger partial charge in [0.1, 0.15) is 23.1 Å². The van der Waals surface area contributed by atoms with Crippen LogP contribution in [0.4, 0.5) is 8.78 Å². The molecule has 0 aromatic heterocycles. The SMILES string of the molecule is CCC1COC2CN(/C=C(\C=O)C(=O)NCc3ccc(F)cc3F)/C(=C(\C)O)C(=O)N12. The summed E-state index contributed by atoms with van der Waals surface area (Å²) >= 11 is 0. The second kappa shape index (κ2) is 9.25. The normalized spacial score (nSPS) is 23.0. The first kappa shape index (κ1) is 22.4. The van der Waals surface area contributed by atoms with Crippen LogP contribution >= 0.6 is 0 Å². The number of halogens is 2. The van der Waals surface area contributed by atoms with Gasteiger partial charge in [-0.05, 0) is 19.4 Å². The molecule has 0 bridgehead atoms. The van der Waals surface area contributed by atoms with Crippen molar-refractivity contribution in [3.05, 3.63) is 58.6 Å². The van der Waals surface area contributed by atoms with Crippen LogP contribution in [-0.2, 0) is 25.7 Å². The minimum Gasteiger partial charge on any atom is -0.510 e. The van der Waals surface area contributed by atoms with Gasteiger partial charge in [-0.15, -0.1) is 0 Å². The van der Waals surface area contributed by atoms with Crippen LogP contribution in [0.15, 0.2) is 41.4 Å². The first-order valence-electron chi connectivity index (χ1n) is 9.76. The number of carbonyl (C=O) groups excluding carboxylic acids is 3. The standard InChI is InChI=1S/C21H23F2N3O5/c1-3-16-11-31-18-9-25(19(12(2)28)21(30)26(16)18)8-14(10-27)20(29)24-7-13-4-5-15(22)6-17(13)23/h4-6,8,10,16,18,28H,3,7,9,11H2,1-2H3,(H,24,29)/b14-8+,19-12+. The predicted molar refractivity (Wildman–Crippen MR) is 105 cm³/mol. The molecule has 0 saturated carbocycles. The van der Waals surface area contributed by atoms with Crippen molar-refractivity contribution in [3.63, 3.8) is 0 Å². The smallest absolute Gasteiger partial charge is 0.276 e. The molecular weight excluding hydrogens is 412 g/mol. The highest BCUT2D eigenvalue weighted by atomic mass is 19.1. The monoisotopic (exact) mass is 435 g/mol. The number of rotatable bonds is 6. The van der Waals surface area contributed by atoms with E-state index >= 15 is 0 Å². The lowest BCUT2D eigenvalue weighted by Gasteiger charge is -2.39. The van der Waals surface area contributed by atoms with Crippen molar-refractivity contribution in [3.8, 4) is 0 Å². The van der Waals surface area contributed by atoms with Crippen LogP contribution in [0.3, 0.4) is 0 Å². The summed E-state index contributed by atoms with van der Waals surface area (Å²) in [5, 5.41) is 12.5. The van der Waals surface area contributed by atoms with Crippen LogP contribution < -0.4 is 5.32 Å². The van der Waals surface area contributed by atoms with Crippen LogP contribution in [0.2, 0.25) is 0 Å². The number of hydrogen-bond donors (Lipinski definition) is 2. The number of allylic oxidation sites excluding steroid dienone is 1. The van der Waals surface area contributed by atoms with E-state index in [9.17, 15) is 28.3 Å². The van der Waals surface area contributed by atoms with Gasteiger partial charge in [-0.1, -0.05) is 13.0 Å². The molecule has 1 aromatic rings. The first-order chi connectivity index (χ1) is 14.8. The van der Waals surface area contributed by atoms with Gasteiger partial charge >= 0.3 is 0 Å². The number of aliphatic hydroxyl groups is 1. The quantitative estimate of drug-likeness (QED) is 0.232. The molecule has 2 saturated heterocycles. The third-order valence-corrected chi connectivity index (χ3v) is 5.21. The lowest BCUT2D eigenvalue weighted by atomic mass is 10.1. The average Bonchev–Trinajstić information content (AvgIpc) is 3.14. The van der Waals surface area contributed by atoms with Crippen molar-refractivity contribution in [2.75, 3.05) is 13.2 Å². The van der Waals surface area contributed by atoms with Crippen molar-refractivity contribution in [2.45, 2.75) is 39.1 Å². The number of nitrogens with zero attached hydrogens (tertiary/aromatic N) is 2. The van der Waals surface area contributed by atoms with Crippen molar-refractivity contribution in [2.24, 2.45) is 0 Å². The summed E-state index contributed by atoms with van der Waals surface area (Å²) in [6, 6.07) is 2.80. The van der Waals surface area contributed by atoms with Gasteiger partial charge in [-0.3, -0.25) is 14.4 Å². The van der Waals surface area contributed by atoms with Crippen LogP contribution in [0.25, 0.3) is 0 Å². The van der Waals surface area contributed by atoms with E-state index in [0.29, 0.717) is 25.4 Å². The zero-order valence-corrected chi connectivity index (χ0v) is 17.1. The number of aldehydes is 1. The van der Waals surface area contributed by atoms with Crippen molar-refractivity contribution >= 4 is 18.1 Å². The zero-order valence-electron chi connectivity index (χ0n) is 17.1. The van der Waals surface area contributed by atoms with Crippen molar-refractivity contribution < 1.29 is 33.0 Å². The largest absolute Gasteiger partial charge is 0.510 e. The molecule has 31 heavy (non-hydrogen) atoms. The summed E-state index contributed by atoms with van der Waals surface area (Å²) in [6.07, 6.45) is 1.54. The van der Waals surface area contributed by atoms with Crippen LogP contribution in [0.1, 0.15) is 25.8 Å². The van der Waals surface area contributed by atoms with Gasteiger partial charge in [-0.25, -0.2) is 8.78 Å². The third kappa shape index (κ3) is 4.58. The third-order valence-electron chi connectivity index (χ3n) is 5.21. The molecule has 2 atom stereocenters. The van der Waals surface area contributed by atoms with Gasteiger partial charge in [0.2, 0.25) is 0 Å². The summed E-state index contributed by atoms with van der Waals surface area (Å²) in [5.74, 6) is -3.12. The second-order valence-electron chi connectivity index (χ2n) is 7.27. The Morgan fingerprint density at radius 2 is 2.13 bits per heavy atom. The number of piperazine rings is 1. The molecule has 0 radical (unpaired) electrons. The van der Waals surface area contributed by atoms with Gasteiger partial charge < -0.3 is 25.0 Å². The van der Waals surface area contributed by atoms with Crippen molar-refractivity contribution in [1.29, 1.82) is 0 Å². The molecule has 1 aromatic carbocycles. The summed E-state index contributed by atoms with van der Waals surface area (Å²) in [6.45, 7) is 3.46. The molecule has 2 unspecified atom stereocenters. The summed E-state index contributed by atoms with van der Waals surface area (Å²) in [7, 11) is 0. The topological polar surface area (TPSA) is 99.2 Å². The van der Waals surface area contributed by atoms with E-state index in [1.165, 1.54) is 17.9 Å². The number of nitrogens with one attached hydrogen (secondary N) is 1. The van der Waals surface area contributed by atoms with E-state index in [0.717, 1.165) is 12.3 Å². The molecule has 166 valence electrons. The molecule has 2 fully saturated rings. The summed E-state index contributed by atoms with van der Waals surface area (Å²) < 4.78 is 32.4. The maximum absolute atomic E-state index is 13.8. The highest BCUT2D eigenvalue weighted by molar-refractivity contribution is 6.10. The molecule has 2 N–H and O–H groups in total. The fourth-order valence-electron chi connectivity index (χ4n) is 3.61. The molecule has 2 amide bonds. The molecule has 8 nitrogen and oxygen atoms in total. The Balaban J connectivity index is 1.80. The van der Waals surface area contributed by atoms with E-state index < -0.39 is 29.7 Å². The molecule has 2 heterocycles. The number of carbonyl (C=O) groups is 3. The second-order valence-corrected chi connectivity index (χ2v) is 7.27. The van der Waals surface area contributed by atoms with Crippen LogP contribution in [0.5, 0.6) is 0 Å². The minimum absolute atomic E-state index is 0.0422. The number of ether oxygens (including phenoxy) is 1. The highest BCUT2D eigenvalue weighted by Gasteiger charge is 2.45. The number of benzene rings is 1. The Hall–Kier alpha value is -3.27. The minimum atomic E-state index is -0.830. The van der Waals surface area contributed by atoms with Gasteiger partial charge in [0.15, 0.2) is 12.5 Å². The Morgan fingerprint density at radius 1 is 1.39 bits per heavy atom. The van der Waals surface area contributed by atoms with E-state index in [2.05, 4.69) is 5.32 Å². The Labute approximate surface area is 177 Å². The molecule has 0 aliphatic carbocycles. The maximum Gasteiger partial charge on any atom is 0.276 e. The molecule has 10 heteroatoms. The Kier molecular flexibility index (Phi) is 6.69. The van der Waals surface area contributed by atoms with Crippen LogP contribution in [0, 0.1) is 11.6 Å². The molecule has 0 spiro atoms. The van der Waals surface area contributed by atoms with E-state index in [1.54, 1.807) is 4.90 Å². The van der Waals surface area contributed by atoms with Gasteiger partial charge in [0, 0.05) is 24.4 Å². The highest BCUT2D eigenvalue weighted by Crippen LogP contribution is 2.30. The summed E-state index contributed by atoms with van der Waals surface area (Å²) in [4.78, 5) is 39.8. The molecular formula is C21H23F2N3O5.